The molecule has 0 aliphatic carbocycles. The normalized spacial score (nSPS) is 45.5. The van der Waals surface area contributed by atoms with Gasteiger partial charge < -0.3 is 43.7 Å². The number of carbonyl (C=O) groups excluding carboxylic acids is 2. The lowest BCUT2D eigenvalue weighted by Crippen LogP contribution is -2.63. The topological polar surface area (TPSA) is 150 Å². The fourth-order valence-electron chi connectivity index (χ4n) is 10.6. The molecule has 4 fully saturated rings. The molecule has 0 aromatic rings. The van der Waals surface area contributed by atoms with Crippen molar-refractivity contribution in [3.05, 3.63) is 12.2 Å². The first-order chi connectivity index (χ1) is 25.3. The van der Waals surface area contributed by atoms with E-state index in [9.17, 15) is 24.9 Å². The number of hydrogen-bond acceptors (Lipinski definition) is 11. The third kappa shape index (κ3) is 8.00. The molecule has 11 nitrogen and oxygen atoms in total. The Morgan fingerprint density at radius 3 is 2.20 bits per heavy atom. The van der Waals surface area contributed by atoms with Gasteiger partial charge in [-0.2, -0.15) is 0 Å². The number of carbonyl (C=O) groups is 2. The van der Waals surface area contributed by atoms with Gasteiger partial charge in [0.2, 0.25) is 5.79 Å². The van der Waals surface area contributed by atoms with Crippen LogP contribution < -0.4 is 0 Å². The Kier molecular flexibility index (Phi) is 13.6. The Hall–Kier alpha value is -1.44. The van der Waals surface area contributed by atoms with E-state index in [1.54, 1.807) is 19.1 Å². The van der Waals surface area contributed by atoms with Gasteiger partial charge in [0, 0.05) is 30.1 Å². The second kappa shape index (κ2) is 16.8. The zero-order valence-electron chi connectivity index (χ0n) is 34.9. The second-order valence-corrected chi connectivity index (χ2v) is 18.1. The number of methoxy groups -OCH3 is 1. The maximum Gasteiger partial charge on any atom is 0.311 e. The van der Waals surface area contributed by atoms with Crippen LogP contribution in [0.4, 0.5) is 0 Å². The molecule has 11 heteroatoms. The SMILES string of the molecule is CC[C@@H](C(=O)[C@@H](C)[C@@H](O)[C@H](C)[C@@H]1O[C@@H]([C@@H](CC)C(=O)OC)CC[C@@H]1C)[C@H]1O[C@@]2(C=C[C@@H](O)[C@]3(CC[C@@](C)([C@H]4CC[C@](O)(CC)[C@H](C)O4)O3)O2)[C@H](C)C[C@@H]1C. The fourth-order valence-corrected chi connectivity index (χ4v) is 10.6. The van der Waals surface area contributed by atoms with Gasteiger partial charge in [0.1, 0.15) is 11.9 Å². The lowest BCUT2D eigenvalue weighted by Gasteiger charge is -2.54. The van der Waals surface area contributed by atoms with Crippen molar-refractivity contribution in [1.82, 2.24) is 0 Å². The molecule has 3 N–H and O–H groups in total. The zero-order valence-corrected chi connectivity index (χ0v) is 34.9. The minimum Gasteiger partial charge on any atom is -0.469 e. The van der Waals surface area contributed by atoms with Gasteiger partial charge in [-0.1, -0.05) is 55.4 Å². The van der Waals surface area contributed by atoms with Crippen molar-refractivity contribution in [2.45, 2.75) is 199 Å². The van der Waals surface area contributed by atoms with Crippen LogP contribution in [-0.4, -0.2) is 99.7 Å². The van der Waals surface area contributed by atoms with E-state index in [1.165, 1.54) is 7.11 Å². The van der Waals surface area contributed by atoms with Crippen molar-refractivity contribution in [3.63, 3.8) is 0 Å². The van der Waals surface area contributed by atoms with Gasteiger partial charge in [0.05, 0.1) is 60.9 Å². The molecular formula is C43H72O11. The third-order valence-electron chi connectivity index (χ3n) is 14.6. The summed E-state index contributed by atoms with van der Waals surface area (Å²) in [5.41, 5.74) is -1.62. The highest BCUT2D eigenvalue weighted by atomic mass is 16.8. The lowest BCUT2D eigenvalue weighted by molar-refractivity contribution is -0.409. The molecule has 310 valence electrons. The Balaban J connectivity index is 1.31. The monoisotopic (exact) mass is 765 g/mol. The summed E-state index contributed by atoms with van der Waals surface area (Å²) in [6, 6.07) is 0. The van der Waals surface area contributed by atoms with Crippen LogP contribution in [0.15, 0.2) is 12.2 Å². The average Bonchev–Trinajstić information content (AvgIpc) is 3.50. The Morgan fingerprint density at radius 1 is 0.907 bits per heavy atom. The minimum atomic E-state index is -1.36. The number of ketones is 1. The van der Waals surface area contributed by atoms with Crippen molar-refractivity contribution < 1.29 is 53.3 Å². The van der Waals surface area contributed by atoms with Gasteiger partial charge in [0.15, 0.2) is 5.79 Å². The first-order valence-corrected chi connectivity index (χ1v) is 21.1. The molecule has 0 aromatic heterocycles. The lowest BCUT2D eigenvalue weighted by atomic mass is 9.72. The van der Waals surface area contributed by atoms with Crippen LogP contribution >= 0.6 is 0 Å². The van der Waals surface area contributed by atoms with Crippen molar-refractivity contribution in [3.8, 4) is 0 Å². The summed E-state index contributed by atoms with van der Waals surface area (Å²) in [4.78, 5) is 27.0. The number of aliphatic hydroxyl groups excluding tert-OH is 2. The molecule has 0 radical (unpaired) electrons. The minimum absolute atomic E-state index is 0.0250. The van der Waals surface area contributed by atoms with E-state index in [0.29, 0.717) is 44.9 Å². The van der Waals surface area contributed by atoms with Crippen LogP contribution in [0.3, 0.4) is 0 Å². The highest BCUT2D eigenvalue weighted by Gasteiger charge is 2.63. The summed E-state index contributed by atoms with van der Waals surface area (Å²) in [6.07, 6.45) is 6.11. The van der Waals surface area contributed by atoms with Crippen LogP contribution in [0.25, 0.3) is 0 Å². The average molecular weight is 765 g/mol. The Bertz CT molecular complexity index is 1340. The van der Waals surface area contributed by atoms with Crippen LogP contribution in [-0.2, 0) is 38.0 Å². The molecule has 18 atom stereocenters. The molecule has 5 aliphatic heterocycles. The second-order valence-electron chi connectivity index (χ2n) is 18.1. The van der Waals surface area contributed by atoms with Gasteiger partial charge in [-0.25, -0.2) is 0 Å². The molecule has 5 rings (SSSR count). The highest BCUT2D eigenvalue weighted by Crippen LogP contribution is 2.54. The van der Waals surface area contributed by atoms with Crippen LogP contribution in [0, 0.1) is 41.4 Å². The number of ether oxygens (including phenoxy) is 6. The van der Waals surface area contributed by atoms with E-state index in [2.05, 4.69) is 20.8 Å². The molecule has 4 saturated heterocycles. The van der Waals surface area contributed by atoms with Gasteiger partial charge in [-0.3, -0.25) is 9.59 Å². The van der Waals surface area contributed by atoms with E-state index >= 15 is 0 Å². The number of esters is 1. The molecule has 2 spiro atoms. The summed E-state index contributed by atoms with van der Waals surface area (Å²) in [6.45, 7) is 19.9. The van der Waals surface area contributed by atoms with Gasteiger partial charge in [-0.05, 0) is 95.6 Å². The molecule has 0 saturated carbocycles. The molecule has 0 aromatic carbocycles. The molecule has 5 heterocycles. The number of hydrogen-bond donors (Lipinski definition) is 3. The number of rotatable bonds is 12. The number of Topliss-reactive ketones (excluding diaryl/α,β-unsaturated/α-hetero) is 1. The molecule has 5 aliphatic rings. The first-order valence-electron chi connectivity index (χ1n) is 21.1. The largest absolute Gasteiger partial charge is 0.469 e. The van der Waals surface area contributed by atoms with Crippen molar-refractivity contribution in [2.24, 2.45) is 41.4 Å². The van der Waals surface area contributed by atoms with Gasteiger partial charge in [-0.15, -0.1) is 0 Å². The predicted octanol–water partition coefficient (Wildman–Crippen LogP) is 6.28. The Morgan fingerprint density at radius 2 is 1.59 bits per heavy atom. The number of aliphatic hydroxyl groups is 3. The maximum atomic E-state index is 14.5. The maximum absolute atomic E-state index is 14.5. The molecule has 54 heavy (non-hydrogen) atoms. The van der Waals surface area contributed by atoms with Crippen molar-refractivity contribution >= 4 is 11.8 Å². The standard InChI is InChI=1S/C43H72O11/c1-12-30(39(47)49-11)32-16-15-24(4)37(51-32)28(8)35(45)27(7)36(46)31(13-2)38-25(5)23-26(6)42(52-38)20-17-33(44)43(54-42)22-21-40(10,53-43)34-18-19-41(48,14-3)29(9)50-34/h17,20,24-35,37-38,44-45,48H,12-16,18-19,21-23H2,1-11H3/t24-,25-,26+,27-,28-,29-,30+,31-,32+,33+,34+,35+,37+,38-,40-,41+,42+,43-/m0/s1. The predicted molar refractivity (Wildman–Crippen MR) is 203 cm³/mol. The van der Waals surface area contributed by atoms with E-state index in [1.807, 2.05) is 41.5 Å². The summed E-state index contributed by atoms with van der Waals surface area (Å²) >= 11 is 0. The first kappa shape index (κ1) is 43.7. The summed E-state index contributed by atoms with van der Waals surface area (Å²) in [5.74, 6) is -4.78. The van der Waals surface area contributed by atoms with E-state index in [4.69, 9.17) is 28.4 Å². The van der Waals surface area contributed by atoms with Gasteiger partial charge >= 0.3 is 5.97 Å². The van der Waals surface area contributed by atoms with Crippen molar-refractivity contribution in [1.29, 1.82) is 0 Å². The summed E-state index contributed by atoms with van der Waals surface area (Å²) < 4.78 is 38.7. The molecule has 0 unspecified atom stereocenters. The quantitative estimate of drug-likeness (QED) is 0.152. The van der Waals surface area contributed by atoms with Crippen LogP contribution in [0.2, 0.25) is 0 Å². The van der Waals surface area contributed by atoms with E-state index in [0.717, 1.165) is 19.3 Å². The molecule has 0 amide bonds. The smallest absolute Gasteiger partial charge is 0.311 e. The molecule has 0 bridgehead atoms. The zero-order chi connectivity index (χ0) is 40.0. The third-order valence-corrected chi connectivity index (χ3v) is 14.6. The molecular weight excluding hydrogens is 692 g/mol. The van der Waals surface area contributed by atoms with E-state index in [-0.39, 0.29) is 65.8 Å². The Labute approximate surface area is 324 Å². The van der Waals surface area contributed by atoms with Crippen LogP contribution in [0.5, 0.6) is 0 Å². The summed E-state index contributed by atoms with van der Waals surface area (Å²) in [5, 5.41) is 34.3. The van der Waals surface area contributed by atoms with E-state index < -0.39 is 52.9 Å². The fraction of sp³-hybridized carbons (Fsp3) is 0.907. The summed E-state index contributed by atoms with van der Waals surface area (Å²) in [7, 11) is 1.40. The van der Waals surface area contributed by atoms with Gasteiger partial charge in [0.25, 0.3) is 0 Å². The van der Waals surface area contributed by atoms with Crippen LogP contribution in [0.1, 0.15) is 133 Å². The van der Waals surface area contributed by atoms with Crippen molar-refractivity contribution in [2.75, 3.05) is 7.11 Å². The highest BCUT2D eigenvalue weighted by molar-refractivity contribution is 5.84.